The molecule has 1 aliphatic rings. The van der Waals surface area contributed by atoms with Crippen LogP contribution in [0.4, 0.5) is 0 Å². The van der Waals surface area contributed by atoms with Crippen molar-refractivity contribution in [2.45, 2.75) is 19.4 Å². The minimum atomic E-state index is -0.0642. The molecule has 6 heteroatoms. The number of ether oxygens (including phenoxy) is 2. The number of aliphatic hydroxyl groups excluding tert-OH is 1. The summed E-state index contributed by atoms with van der Waals surface area (Å²) < 4.78 is 10.8. The number of hydrogen-bond donors (Lipinski definition) is 1. The molecule has 1 aromatic carbocycles. The van der Waals surface area contributed by atoms with Crippen molar-refractivity contribution in [2.75, 3.05) is 54.6 Å². The monoisotopic (exact) mass is 356 g/mol. The van der Waals surface area contributed by atoms with Crippen molar-refractivity contribution in [1.82, 2.24) is 9.80 Å². The zero-order chi connectivity index (χ0) is 17.7. The van der Waals surface area contributed by atoms with Crippen LogP contribution in [0.25, 0.3) is 0 Å². The summed E-state index contributed by atoms with van der Waals surface area (Å²) in [5.41, 5.74) is 0.979. The van der Waals surface area contributed by atoms with Crippen molar-refractivity contribution in [3.63, 3.8) is 0 Å². The van der Waals surface area contributed by atoms with E-state index in [0.29, 0.717) is 10.8 Å². The van der Waals surface area contributed by atoms with E-state index in [2.05, 4.69) is 23.9 Å². The third kappa shape index (κ3) is 4.54. The number of hydrogen-bond acceptors (Lipinski definition) is 5. The van der Waals surface area contributed by atoms with Crippen LogP contribution in [-0.4, -0.2) is 69.5 Å². The number of halogens is 1. The highest BCUT2D eigenvalue weighted by atomic mass is 35.5. The van der Waals surface area contributed by atoms with Crippen LogP contribution in [-0.2, 0) is 6.54 Å². The molecule has 0 aromatic heterocycles. The van der Waals surface area contributed by atoms with Crippen molar-refractivity contribution in [3.05, 3.63) is 22.7 Å². The molecule has 0 spiro atoms. The molecule has 1 fully saturated rings. The fourth-order valence-corrected chi connectivity index (χ4v) is 3.97. The van der Waals surface area contributed by atoms with Gasteiger partial charge in [0.2, 0.25) is 0 Å². The molecule has 1 N–H and O–H groups in total. The largest absolute Gasteiger partial charge is 0.496 e. The quantitative estimate of drug-likeness (QED) is 0.813. The molecular formula is C18H29ClN2O3. The van der Waals surface area contributed by atoms with Crippen LogP contribution in [0.5, 0.6) is 11.5 Å². The van der Waals surface area contributed by atoms with E-state index in [1.807, 2.05) is 12.1 Å². The van der Waals surface area contributed by atoms with Crippen molar-refractivity contribution >= 4 is 11.6 Å². The fraction of sp³-hybridized carbons (Fsp3) is 0.667. The Balaban J connectivity index is 2.17. The highest BCUT2D eigenvalue weighted by Crippen LogP contribution is 2.35. The number of piperidine rings is 1. The predicted octanol–water partition coefficient (Wildman–Crippen LogP) is 2.49. The Kier molecular flexibility index (Phi) is 6.75. The molecule has 5 nitrogen and oxygen atoms in total. The van der Waals surface area contributed by atoms with Gasteiger partial charge in [-0.05, 0) is 39.5 Å². The number of benzene rings is 1. The maximum Gasteiger partial charge on any atom is 0.141 e. The van der Waals surface area contributed by atoms with E-state index < -0.39 is 0 Å². The van der Waals surface area contributed by atoms with E-state index >= 15 is 0 Å². The summed E-state index contributed by atoms with van der Waals surface area (Å²) in [4.78, 5) is 4.54. The van der Waals surface area contributed by atoms with Gasteiger partial charge in [0.1, 0.15) is 11.5 Å². The van der Waals surface area contributed by atoms with Crippen LogP contribution < -0.4 is 9.47 Å². The van der Waals surface area contributed by atoms with Gasteiger partial charge in [0.25, 0.3) is 0 Å². The van der Waals surface area contributed by atoms with Gasteiger partial charge in [-0.15, -0.1) is 0 Å². The predicted molar refractivity (Wildman–Crippen MR) is 97.1 cm³/mol. The Morgan fingerprint density at radius 1 is 1.25 bits per heavy atom. The molecule has 0 radical (unpaired) electrons. The van der Waals surface area contributed by atoms with Crippen molar-refractivity contribution < 1.29 is 14.6 Å². The van der Waals surface area contributed by atoms with Gasteiger partial charge in [0.05, 0.1) is 25.8 Å². The first kappa shape index (κ1) is 19.3. The second kappa shape index (κ2) is 8.39. The Morgan fingerprint density at radius 2 is 1.96 bits per heavy atom. The van der Waals surface area contributed by atoms with Gasteiger partial charge in [0, 0.05) is 36.7 Å². The average molecular weight is 357 g/mol. The first-order valence-corrected chi connectivity index (χ1v) is 8.69. The van der Waals surface area contributed by atoms with Crippen LogP contribution in [0.1, 0.15) is 18.4 Å². The molecule has 136 valence electrons. The maximum absolute atomic E-state index is 9.97. The Morgan fingerprint density at radius 3 is 2.54 bits per heavy atom. The number of likely N-dealkylation sites (tertiary alicyclic amines) is 1. The van der Waals surface area contributed by atoms with Crippen molar-refractivity contribution in [2.24, 2.45) is 5.41 Å². The smallest absolute Gasteiger partial charge is 0.141 e. The van der Waals surface area contributed by atoms with Gasteiger partial charge in [-0.1, -0.05) is 11.6 Å². The molecule has 0 amide bonds. The van der Waals surface area contributed by atoms with Gasteiger partial charge in [0.15, 0.2) is 0 Å². The van der Waals surface area contributed by atoms with Crippen LogP contribution in [0.3, 0.4) is 0 Å². The molecule has 1 saturated heterocycles. The lowest BCUT2D eigenvalue weighted by atomic mass is 9.80. The summed E-state index contributed by atoms with van der Waals surface area (Å²) in [6, 6.07) is 3.75. The number of rotatable bonds is 7. The lowest BCUT2D eigenvalue weighted by Gasteiger charge is -2.43. The van der Waals surface area contributed by atoms with E-state index in [1.165, 1.54) is 0 Å². The van der Waals surface area contributed by atoms with E-state index in [9.17, 15) is 5.11 Å². The zero-order valence-corrected chi connectivity index (χ0v) is 15.9. The van der Waals surface area contributed by atoms with Crippen molar-refractivity contribution in [3.8, 4) is 11.5 Å². The van der Waals surface area contributed by atoms with Crippen molar-refractivity contribution in [1.29, 1.82) is 0 Å². The summed E-state index contributed by atoms with van der Waals surface area (Å²) in [7, 11) is 7.37. The standard InChI is InChI=1S/C18H29ClN2O3/c1-20(2)11-18(13-22)6-5-7-21(12-18)10-14-8-15(19)17(24-4)9-16(14)23-3/h8-9,22H,5-7,10-13H2,1-4H3. The molecular weight excluding hydrogens is 328 g/mol. The molecule has 0 bridgehead atoms. The van der Waals surface area contributed by atoms with Crippen LogP contribution in [0, 0.1) is 5.41 Å². The molecule has 1 unspecified atom stereocenters. The molecule has 2 rings (SSSR count). The minimum absolute atomic E-state index is 0.0642. The van der Waals surface area contributed by atoms with E-state index in [-0.39, 0.29) is 12.0 Å². The lowest BCUT2D eigenvalue weighted by Crippen LogP contribution is -2.49. The minimum Gasteiger partial charge on any atom is -0.496 e. The topological polar surface area (TPSA) is 45.2 Å². The number of nitrogens with zero attached hydrogens (tertiary/aromatic N) is 2. The number of aliphatic hydroxyl groups is 1. The SMILES string of the molecule is COc1cc(OC)c(CN2CCCC(CO)(CN(C)C)C2)cc1Cl. The lowest BCUT2D eigenvalue weighted by molar-refractivity contribution is 0.0103. The summed E-state index contributed by atoms with van der Waals surface area (Å²) in [6.45, 7) is 3.74. The fourth-order valence-electron chi connectivity index (χ4n) is 3.71. The summed E-state index contributed by atoms with van der Waals surface area (Å²) in [5.74, 6) is 1.40. The van der Waals surface area contributed by atoms with E-state index in [0.717, 1.165) is 50.3 Å². The third-order valence-corrected chi connectivity index (χ3v) is 4.97. The molecule has 0 aliphatic carbocycles. The zero-order valence-electron chi connectivity index (χ0n) is 15.1. The third-order valence-electron chi connectivity index (χ3n) is 4.68. The Hall–Kier alpha value is -1.01. The van der Waals surface area contributed by atoms with E-state index in [1.54, 1.807) is 14.2 Å². The summed E-state index contributed by atoms with van der Waals surface area (Å²) in [5, 5.41) is 10.6. The van der Waals surface area contributed by atoms with E-state index in [4.69, 9.17) is 21.1 Å². The molecule has 24 heavy (non-hydrogen) atoms. The second-order valence-electron chi connectivity index (χ2n) is 7.01. The first-order chi connectivity index (χ1) is 11.4. The van der Waals surface area contributed by atoms with Gasteiger partial charge >= 0.3 is 0 Å². The first-order valence-electron chi connectivity index (χ1n) is 8.31. The van der Waals surface area contributed by atoms with Gasteiger partial charge in [-0.2, -0.15) is 0 Å². The normalized spacial score (nSPS) is 22.0. The maximum atomic E-state index is 9.97. The summed E-state index contributed by atoms with van der Waals surface area (Å²) in [6.07, 6.45) is 2.14. The van der Waals surface area contributed by atoms with Gasteiger partial charge < -0.3 is 19.5 Å². The molecule has 1 aliphatic heterocycles. The molecule has 1 aromatic rings. The van der Waals surface area contributed by atoms with Gasteiger partial charge in [-0.25, -0.2) is 0 Å². The highest BCUT2D eigenvalue weighted by Gasteiger charge is 2.35. The second-order valence-corrected chi connectivity index (χ2v) is 7.42. The Bertz CT molecular complexity index is 553. The van der Waals surface area contributed by atoms with Crippen LogP contribution in [0.15, 0.2) is 12.1 Å². The molecule has 0 saturated carbocycles. The Labute approximate surface area is 150 Å². The number of methoxy groups -OCH3 is 2. The highest BCUT2D eigenvalue weighted by molar-refractivity contribution is 6.32. The van der Waals surface area contributed by atoms with Crippen LogP contribution in [0.2, 0.25) is 5.02 Å². The molecule has 1 heterocycles. The van der Waals surface area contributed by atoms with Crippen LogP contribution >= 0.6 is 11.6 Å². The molecule has 1 atom stereocenters. The summed E-state index contributed by atoms with van der Waals surface area (Å²) >= 11 is 6.28. The van der Waals surface area contributed by atoms with Gasteiger partial charge in [-0.3, -0.25) is 4.90 Å². The average Bonchev–Trinajstić information content (AvgIpc) is 2.55.